The molecule has 0 spiro atoms. The van der Waals surface area contributed by atoms with Gasteiger partial charge in [-0.15, -0.1) is 0 Å². The lowest BCUT2D eigenvalue weighted by Gasteiger charge is -2.02. The van der Waals surface area contributed by atoms with Crippen LogP contribution in [-0.4, -0.2) is 17.4 Å². The number of rotatable bonds is 3. The van der Waals surface area contributed by atoms with E-state index in [1.54, 1.807) is 12.1 Å². The minimum Gasteiger partial charge on any atom is -0.441 e. The van der Waals surface area contributed by atoms with Crippen LogP contribution >= 0.6 is 0 Å². The van der Waals surface area contributed by atoms with Crippen LogP contribution in [0.3, 0.4) is 0 Å². The predicted molar refractivity (Wildman–Crippen MR) is 80.0 cm³/mol. The summed E-state index contributed by atoms with van der Waals surface area (Å²) in [6.45, 7) is 0.473. The highest BCUT2D eigenvalue weighted by Gasteiger charge is 2.15. The van der Waals surface area contributed by atoms with Crippen molar-refractivity contribution >= 4 is 17.7 Å². The Bertz CT molecular complexity index is 719. The van der Waals surface area contributed by atoms with E-state index in [0.717, 1.165) is 16.9 Å². The van der Waals surface area contributed by atoms with Crippen molar-refractivity contribution in [3.8, 4) is 0 Å². The first-order chi connectivity index (χ1) is 10.2. The SMILES string of the molecule is O=[N+]([O-])c1ccc(/C=C2/CN=C(c3ccccc3)O2)cc1. The first-order valence-corrected chi connectivity index (χ1v) is 6.45. The topological polar surface area (TPSA) is 64.7 Å². The van der Waals surface area contributed by atoms with Gasteiger partial charge < -0.3 is 4.74 Å². The van der Waals surface area contributed by atoms with Crippen LogP contribution in [0.5, 0.6) is 0 Å². The molecule has 104 valence electrons. The molecular formula is C16H12N2O3. The third-order valence-electron chi connectivity index (χ3n) is 3.06. The Balaban J connectivity index is 1.74. The van der Waals surface area contributed by atoms with E-state index in [1.165, 1.54) is 12.1 Å². The highest BCUT2D eigenvalue weighted by Crippen LogP contribution is 2.19. The van der Waals surface area contributed by atoms with Gasteiger partial charge in [-0.25, -0.2) is 4.99 Å². The molecule has 2 aromatic rings. The van der Waals surface area contributed by atoms with Gasteiger partial charge in [-0.2, -0.15) is 0 Å². The highest BCUT2D eigenvalue weighted by atomic mass is 16.6. The quantitative estimate of drug-likeness (QED) is 0.639. The van der Waals surface area contributed by atoms with Gasteiger partial charge in [0.1, 0.15) is 12.3 Å². The van der Waals surface area contributed by atoms with Gasteiger partial charge in [0.05, 0.1) is 4.92 Å². The number of nitro groups is 1. The van der Waals surface area contributed by atoms with Crippen LogP contribution in [0.1, 0.15) is 11.1 Å². The van der Waals surface area contributed by atoms with E-state index in [1.807, 2.05) is 36.4 Å². The lowest BCUT2D eigenvalue weighted by Crippen LogP contribution is -1.99. The molecule has 5 heteroatoms. The molecule has 0 amide bonds. The van der Waals surface area contributed by atoms with Crippen molar-refractivity contribution in [2.75, 3.05) is 6.54 Å². The van der Waals surface area contributed by atoms with Crippen LogP contribution in [0.25, 0.3) is 6.08 Å². The second-order valence-electron chi connectivity index (χ2n) is 4.55. The normalized spacial score (nSPS) is 15.6. The molecule has 0 aliphatic carbocycles. The molecule has 0 aromatic heterocycles. The zero-order valence-corrected chi connectivity index (χ0v) is 11.1. The van der Waals surface area contributed by atoms with Gasteiger partial charge >= 0.3 is 0 Å². The smallest absolute Gasteiger partial charge is 0.269 e. The lowest BCUT2D eigenvalue weighted by atomic mass is 10.2. The number of non-ortho nitro benzene ring substituents is 1. The van der Waals surface area contributed by atoms with E-state index in [9.17, 15) is 10.1 Å². The van der Waals surface area contributed by atoms with Crippen LogP contribution in [0, 0.1) is 10.1 Å². The fourth-order valence-corrected chi connectivity index (χ4v) is 2.02. The molecule has 1 aliphatic heterocycles. The molecule has 21 heavy (non-hydrogen) atoms. The Labute approximate surface area is 121 Å². The summed E-state index contributed by atoms with van der Waals surface area (Å²) in [6.07, 6.45) is 1.84. The molecule has 2 aromatic carbocycles. The fraction of sp³-hybridized carbons (Fsp3) is 0.0625. The number of hydrogen-bond donors (Lipinski definition) is 0. The number of nitrogens with zero attached hydrogens (tertiary/aromatic N) is 2. The standard InChI is InChI=1S/C16H12N2O3/c19-18(20)14-8-6-12(7-9-14)10-15-11-17-16(21-15)13-4-2-1-3-5-13/h1-10H,11H2/b15-10-. The van der Waals surface area contributed by atoms with E-state index in [-0.39, 0.29) is 5.69 Å². The first kappa shape index (κ1) is 13.1. The van der Waals surface area contributed by atoms with Crippen LogP contribution in [0.15, 0.2) is 65.3 Å². The summed E-state index contributed by atoms with van der Waals surface area (Å²) in [5, 5.41) is 10.6. The van der Waals surface area contributed by atoms with Gasteiger partial charge in [0, 0.05) is 17.7 Å². The summed E-state index contributed by atoms with van der Waals surface area (Å²) in [6, 6.07) is 16.0. The number of ether oxygens (including phenoxy) is 1. The average Bonchev–Trinajstić information content (AvgIpc) is 2.97. The minimum atomic E-state index is -0.417. The molecule has 1 heterocycles. The summed E-state index contributed by atoms with van der Waals surface area (Å²) < 4.78 is 5.71. The molecule has 3 rings (SSSR count). The van der Waals surface area contributed by atoms with E-state index in [2.05, 4.69) is 4.99 Å². The molecule has 0 fully saturated rings. The largest absolute Gasteiger partial charge is 0.441 e. The summed E-state index contributed by atoms with van der Waals surface area (Å²) >= 11 is 0. The molecule has 0 atom stereocenters. The molecular weight excluding hydrogens is 268 g/mol. The molecule has 0 N–H and O–H groups in total. The van der Waals surface area contributed by atoms with E-state index in [4.69, 9.17) is 4.74 Å². The van der Waals surface area contributed by atoms with Gasteiger partial charge in [-0.1, -0.05) is 18.2 Å². The van der Waals surface area contributed by atoms with Gasteiger partial charge in [0.2, 0.25) is 5.90 Å². The zero-order chi connectivity index (χ0) is 14.7. The maximum atomic E-state index is 10.6. The number of nitro benzene ring substituents is 1. The number of hydrogen-bond acceptors (Lipinski definition) is 4. The van der Waals surface area contributed by atoms with Crippen molar-refractivity contribution < 1.29 is 9.66 Å². The summed E-state index contributed by atoms with van der Waals surface area (Å²) in [5.74, 6) is 1.33. The summed E-state index contributed by atoms with van der Waals surface area (Å²) in [5.41, 5.74) is 1.86. The Morgan fingerprint density at radius 2 is 1.81 bits per heavy atom. The lowest BCUT2D eigenvalue weighted by molar-refractivity contribution is -0.384. The van der Waals surface area contributed by atoms with E-state index in [0.29, 0.717) is 12.4 Å². The summed E-state index contributed by atoms with van der Waals surface area (Å²) in [4.78, 5) is 14.5. The zero-order valence-electron chi connectivity index (χ0n) is 11.1. The Hall–Kier alpha value is -2.95. The molecule has 0 radical (unpaired) electrons. The van der Waals surface area contributed by atoms with Crippen molar-refractivity contribution in [1.82, 2.24) is 0 Å². The van der Waals surface area contributed by atoms with Crippen molar-refractivity contribution in [3.63, 3.8) is 0 Å². The molecule has 0 unspecified atom stereocenters. The van der Waals surface area contributed by atoms with Crippen molar-refractivity contribution in [3.05, 3.63) is 81.6 Å². The van der Waals surface area contributed by atoms with E-state index >= 15 is 0 Å². The van der Waals surface area contributed by atoms with Gasteiger partial charge in [0.15, 0.2) is 0 Å². The molecule has 1 aliphatic rings. The van der Waals surface area contributed by atoms with Crippen molar-refractivity contribution in [2.24, 2.45) is 4.99 Å². The molecule has 5 nitrogen and oxygen atoms in total. The van der Waals surface area contributed by atoms with Crippen LogP contribution in [-0.2, 0) is 4.74 Å². The Kier molecular flexibility index (Phi) is 3.47. The second-order valence-corrected chi connectivity index (χ2v) is 4.55. The van der Waals surface area contributed by atoms with Crippen molar-refractivity contribution in [2.45, 2.75) is 0 Å². The number of aliphatic imine (C=N–C) groups is 1. The Morgan fingerprint density at radius 1 is 1.10 bits per heavy atom. The van der Waals surface area contributed by atoms with Crippen molar-refractivity contribution in [1.29, 1.82) is 0 Å². The Morgan fingerprint density at radius 3 is 2.48 bits per heavy atom. The first-order valence-electron chi connectivity index (χ1n) is 6.45. The predicted octanol–water partition coefficient (Wildman–Crippen LogP) is 3.41. The molecule has 0 bridgehead atoms. The monoisotopic (exact) mass is 280 g/mol. The molecule has 0 saturated carbocycles. The van der Waals surface area contributed by atoms with Crippen LogP contribution < -0.4 is 0 Å². The third-order valence-corrected chi connectivity index (χ3v) is 3.06. The van der Waals surface area contributed by atoms with E-state index < -0.39 is 4.92 Å². The third kappa shape index (κ3) is 2.97. The van der Waals surface area contributed by atoms with Gasteiger partial charge in [-0.3, -0.25) is 10.1 Å². The fourth-order valence-electron chi connectivity index (χ4n) is 2.02. The maximum Gasteiger partial charge on any atom is 0.269 e. The average molecular weight is 280 g/mol. The molecule has 0 saturated heterocycles. The van der Waals surface area contributed by atoms with Crippen LogP contribution in [0.4, 0.5) is 5.69 Å². The van der Waals surface area contributed by atoms with Crippen LogP contribution in [0.2, 0.25) is 0 Å². The number of benzene rings is 2. The maximum absolute atomic E-state index is 10.6. The van der Waals surface area contributed by atoms with Gasteiger partial charge in [-0.05, 0) is 35.9 Å². The highest BCUT2D eigenvalue weighted by molar-refractivity contribution is 5.96. The minimum absolute atomic E-state index is 0.0747. The second kappa shape index (κ2) is 5.58. The summed E-state index contributed by atoms with van der Waals surface area (Å²) in [7, 11) is 0. The van der Waals surface area contributed by atoms with Gasteiger partial charge in [0.25, 0.3) is 5.69 Å².